The van der Waals surface area contributed by atoms with Crippen LogP contribution in [0.1, 0.15) is 24.6 Å². The van der Waals surface area contributed by atoms with E-state index in [1.54, 1.807) is 12.1 Å². The fraction of sp³-hybridized carbons (Fsp3) is 0.222. The molecule has 3 aromatic rings. The summed E-state index contributed by atoms with van der Waals surface area (Å²) in [6.07, 6.45) is -2.87. The number of aromatic amines is 1. The summed E-state index contributed by atoms with van der Waals surface area (Å²) < 4.78 is 66.1. The minimum Gasteiger partial charge on any atom is -0.358 e. The Kier molecular flexibility index (Phi) is 4.70. The fourth-order valence-corrected chi connectivity index (χ4v) is 3.87. The van der Waals surface area contributed by atoms with Crippen molar-refractivity contribution >= 4 is 26.6 Å². The monoisotopic (exact) mass is 382 g/mol. The lowest BCUT2D eigenvalue weighted by molar-refractivity contribution is -0.137. The van der Waals surface area contributed by atoms with Gasteiger partial charge in [0.1, 0.15) is 0 Å². The van der Waals surface area contributed by atoms with Crippen molar-refractivity contribution in [3.05, 3.63) is 59.8 Å². The lowest BCUT2D eigenvalue weighted by Gasteiger charge is -2.11. The fourth-order valence-electron chi connectivity index (χ4n) is 2.75. The summed E-state index contributed by atoms with van der Waals surface area (Å²) >= 11 is 0. The SMILES string of the molecule is CCCc1cc2c(NS(=O)(=O)c3cccc(C(F)(F)F)c3)cccc2[nH]1. The summed E-state index contributed by atoms with van der Waals surface area (Å²) in [4.78, 5) is 2.77. The number of anilines is 1. The average Bonchev–Trinajstić information content (AvgIpc) is 2.98. The van der Waals surface area contributed by atoms with Crippen LogP contribution in [0.25, 0.3) is 10.9 Å². The van der Waals surface area contributed by atoms with Crippen molar-refractivity contribution in [2.45, 2.75) is 30.8 Å². The van der Waals surface area contributed by atoms with E-state index in [2.05, 4.69) is 9.71 Å². The number of hydrogen-bond donors (Lipinski definition) is 2. The molecule has 0 aliphatic rings. The van der Waals surface area contributed by atoms with Crippen LogP contribution in [-0.2, 0) is 22.6 Å². The number of alkyl halides is 3. The number of aromatic nitrogens is 1. The molecule has 0 atom stereocenters. The van der Waals surface area contributed by atoms with Gasteiger partial charge in [-0.1, -0.05) is 25.5 Å². The number of halogens is 3. The molecule has 0 radical (unpaired) electrons. The molecule has 1 heterocycles. The first-order valence-corrected chi connectivity index (χ1v) is 9.50. The Bertz CT molecular complexity index is 1040. The molecule has 0 unspecified atom stereocenters. The smallest absolute Gasteiger partial charge is 0.358 e. The van der Waals surface area contributed by atoms with Crippen molar-refractivity contribution in [3.8, 4) is 0 Å². The van der Waals surface area contributed by atoms with Gasteiger partial charge in [0.2, 0.25) is 0 Å². The number of hydrogen-bond acceptors (Lipinski definition) is 2. The van der Waals surface area contributed by atoms with Crippen molar-refractivity contribution in [1.82, 2.24) is 4.98 Å². The van der Waals surface area contributed by atoms with Gasteiger partial charge in [-0.25, -0.2) is 8.42 Å². The van der Waals surface area contributed by atoms with E-state index in [4.69, 9.17) is 0 Å². The van der Waals surface area contributed by atoms with Gasteiger partial charge in [-0.3, -0.25) is 4.72 Å². The predicted octanol–water partition coefficient (Wildman–Crippen LogP) is 4.94. The number of benzene rings is 2. The van der Waals surface area contributed by atoms with Crippen molar-refractivity contribution in [2.24, 2.45) is 0 Å². The van der Waals surface area contributed by atoms with Gasteiger partial charge < -0.3 is 4.98 Å². The van der Waals surface area contributed by atoms with E-state index in [1.165, 1.54) is 0 Å². The zero-order valence-corrected chi connectivity index (χ0v) is 14.7. The van der Waals surface area contributed by atoms with Gasteiger partial charge in [0.15, 0.2) is 0 Å². The first kappa shape index (κ1) is 18.3. The second-order valence-electron chi connectivity index (χ2n) is 5.94. The van der Waals surface area contributed by atoms with E-state index in [0.29, 0.717) is 17.1 Å². The van der Waals surface area contributed by atoms with Crippen molar-refractivity contribution in [3.63, 3.8) is 0 Å². The summed E-state index contributed by atoms with van der Waals surface area (Å²) in [5.74, 6) is 0. The van der Waals surface area contributed by atoms with Crippen molar-refractivity contribution in [2.75, 3.05) is 4.72 Å². The minimum absolute atomic E-state index is 0.318. The highest BCUT2D eigenvalue weighted by Crippen LogP contribution is 2.32. The van der Waals surface area contributed by atoms with Crippen LogP contribution < -0.4 is 4.72 Å². The second-order valence-corrected chi connectivity index (χ2v) is 7.62. The van der Waals surface area contributed by atoms with Gasteiger partial charge in [0.25, 0.3) is 10.0 Å². The van der Waals surface area contributed by atoms with Crippen LogP contribution in [0.2, 0.25) is 0 Å². The Morgan fingerprint density at radius 3 is 2.50 bits per heavy atom. The van der Waals surface area contributed by atoms with Crippen LogP contribution in [0.3, 0.4) is 0 Å². The lowest BCUT2D eigenvalue weighted by Crippen LogP contribution is -2.14. The van der Waals surface area contributed by atoms with Crippen LogP contribution in [0, 0.1) is 0 Å². The number of rotatable bonds is 5. The van der Waals surface area contributed by atoms with E-state index < -0.39 is 26.7 Å². The third kappa shape index (κ3) is 3.70. The Balaban J connectivity index is 1.99. The second kappa shape index (κ2) is 6.68. The van der Waals surface area contributed by atoms with Crippen LogP contribution in [0.4, 0.5) is 18.9 Å². The summed E-state index contributed by atoms with van der Waals surface area (Å²) in [6.45, 7) is 2.03. The lowest BCUT2D eigenvalue weighted by atomic mass is 10.2. The molecule has 0 bridgehead atoms. The molecule has 4 nitrogen and oxygen atoms in total. The first-order valence-electron chi connectivity index (χ1n) is 8.01. The Morgan fingerprint density at radius 1 is 1.08 bits per heavy atom. The topological polar surface area (TPSA) is 62.0 Å². The average molecular weight is 382 g/mol. The first-order chi connectivity index (χ1) is 12.2. The standard InChI is InChI=1S/C18H17F3N2O2S/c1-2-5-13-11-15-16(22-13)8-4-9-17(15)23-26(24,25)14-7-3-6-12(10-14)18(19,20)21/h3-4,6-11,22-23H,2,5H2,1H3. The third-order valence-corrected chi connectivity index (χ3v) is 5.32. The van der Waals surface area contributed by atoms with E-state index in [1.807, 2.05) is 19.1 Å². The van der Waals surface area contributed by atoms with E-state index >= 15 is 0 Å². The molecule has 0 aliphatic heterocycles. The molecule has 3 rings (SSSR count). The van der Waals surface area contributed by atoms with Crippen LogP contribution in [-0.4, -0.2) is 13.4 Å². The number of aryl methyl sites for hydroxylation is 1. The van der Waals surface area contributed by atoms with E-state index in [0.717, 1.165) is 42.3 Å². The van der Waals surface area contributed by atoms with Crippen LogP contribution >= 0.6 is 0 Å². The number of nitrogens with one attached hydrogen (secondary N) is 2. The molecule has 0 fully saturated rings. The number of sulfonamides is 1. The molecule has 0 saturated carbocycles. The van der Waals surface area contributed by atoms with Gasteiger partial charge in [-0.2, -0.15) is 13.2 Å². The molecular weight excluding hydrogens is 365 g/mol. The van der Waals surface area contributed by atoms with Gasteiger partial charge >= 0.3 is 6.18 Å². The van der Waals surface area contributed by atoms with Crippen LogP contribution in [0.15, 0.2) is 53.4 Å². The molecule has 0 saturated heterocycles. The summed E-state index contributed by atoms with van der Waals surface area (Å²) in [5, 5.41) is 0.673. The third-order valence-electron chi connectivity index (χ3n) is 3.96. The highest BCUT2D eigenvalue weighted by atomic mass is 32.2. The molecule has 1 aromatic heterocycles. The molecule has 2 N–H and O–H groups in total. The highest BCUT2D eigenvalue weighted by Gasteiger charge is 2.31. The largest absolute Gasteiger partial charge is 0.416 e. The molecule has 0 spiro atoms. The van der Waals surface area contributed by atoms with Gasteiger partial charge in [-0.15, -0.1) is 0 Å². The number of H-pyrrole nitrogens is 1. The molecule has 0 aliphatic carbocycles. The van der Waals surface area contributed by atoms with Crippen LogP contribution in [0.5, 0.6) is 0 Å². The Morgan fingerprint density at radius 2 is 1.81 bits per heavy atom. The van der Waals surface area contributed by atoms with Gasteiger partial charge in [-0.05, 0) is 42.8 Å². The molecular formula is C18H17F3N2O2S. The summed E-state index contributed by atoms with van der Waals surface area (Å²) in [6, 6.07) is 10.6. The molecule has 8 heteroatoms. The zero-order chi connectivity index (χ0) is 18.9. The quantitative estimate of drug-likeness (QED) is 0.657. The van der Waals surface area contributed by atoms with E-state index in [-0.39, 0.29) is 0 Å². The molecule has 26 heavy (non-hydrogen) atoms. The summed E-state index contributed by atoms with van der Waals surface area (Å²) in [7, 11) is -4.15. The minimum atomic E-state index is -4.61. The molecule has 2 aromatic carbocycles. The van der Waals surface area contributed by atoms with Crippen molar-refractivity contribution in [1.29, 1.82) is 0 Å². The summed E-state index contributed by atoms with van der Waals surface area (Å²) in [5.41, 5.74) is 1.04. The maximum absolute atomic E-state index is 12.8. The molecule has 0 amide bonds. The van der Waals surface area contributed by atoms with Crippen molar-refractivity contribution < 1.29 is 21.6 Å². The highest BCUT2D eigenvalue weighted by molar-refractivity contribution is 7.92. The van der Waals surface area contributed by atoms with E-state index in [9.17, 15) is 21.6 Å². The normalized spacial score (nSPS) is 12.5. The molecule has 138 valence electrons. The van der Waals surface area contributed by atoms with Gasteiger partial charge in [0.05, 0.1) is 16.1 Å². The number of fused-ring (bicyclic) bond motifs is 1. The maximum Gasteiger partial charge on any atom is 0.416 e. The maximum atomic E-state index is 12.8. The Labute approximate surface area is 149 Å². The Hall–Kier alpha value is -2.48. The zero-order valence-electron chi connectivity index (χ0n) is 13.9. The van der Waals surface area contributed by atoms with Gasteiger partial charge in [0, 0.05) is 16.6 Å². The predicted molar refractivity (Wildman–Crippen MR) is 94.5 cm³/mol.